The van der Waals surface area contributed by atoms with Crippen LogP contribution >= 0.6 is 15.9 Å². The lowest BCUT2D eigenvalue weighted by Gasteiger charge is -2.51. The lowest BCUT2D eigenvalue weighted by atomic mass is 9.69. The van der Waals surface area contributed by atoms with Gasteiger partial charge in [0.15, 0.2) is 0 Å². The highest BCUT2D eigenvalue weighted by atomic mass is 79.9. The van der Waals surface area contributed by atoms with Crippen molar-refractivity contribution in [2.75, 3.05) is 11.4 Å². The van der Waals surface area contributed by atoms with Gasteiger partial charge in [-0.15, -0.1) is 0 Å². The summed E-state index contributed by atoms with van der Waals surface area (Å²) in [4.78, 5) is 2.81. The zero-order valence-electron chi connectivity index (χ0n) is 16.8. The molecule has 30 heavy (non-hydrogen) atoms. The molecular formula is C28H24BrN. The van der Waals surface area contributed by atoms with Crippen molar-refractivity contribution < 1.29 is 0 Å². The molecule has 2 aliphatic heterocycles. The van der Waals surface area contributed by atoms with Crippen LogP contribution in [0.25, 0.3) is 10.8 Å². The summed E-state index contributed by atoms with van der Waals surface area (Å²) in [6.45, 7) is 1.17. The molecule has 1 nitrogen and oxygen atoms in total. The number of fused-ring (bicyclic) bond motifs is 6. The van der Waals surface area contributed by atoms with Crippen LogP contribution in [0.15, 0.2) is 83.4 Å². The van der Waals surface area contributed by atoms with E-state index >= 15 is 0 Å². The molecule has 2 heterocycles. The summed E-state index contributed by atoms with van der Waals surface area (Å²) in [5.74, 6) is 2.41. The van der Waals surface area contributed by atoms with E-state index in [2.05, 4.69) is 99.7 Å². The molecule has 0 saturated carbocycles. The fourth-order valence-corrected chi connectivity index (χ4v) is 7.03. The van der Waals surface area contributed by atoms with Crippen LogP contribution in [0.5, 0.6) is 0 Å². The first-order valence-corrected chi connectivity index (χ1v) is 12.0. The number of benzene rings is 3. The maximum absolute atomic E-state index is 3.64. The van der Waals surface area contributed by atoms with Gasteiger partial charge in [-0.2, -0.15) is 0 Å². The molecule has 0 radical (unpaired) electrons. The second kappa shape index (κ2) is 6.34. The Kier molecular flexibility index (Phi) is 3.67. The summed E-state index contributed by atoms with van der Waals surface area (Å²) in [6.07, 6.45) is 12.2. The van der Waals surface area contributed by atoms with Gasteiger partial charge in [-0.1, -0.05) is 76.6 Å². The second-order valence-corrected chi connectivity index (χ2v) is 10.3. The monoisotopic (exact) mass is 453 g/mol. The minimum absolute atomic E-state index is 0.451. The zero-order chi connectivity index (χ0) is 19.8. The van der Waals surface area contributed by atoms with E-state index < -0.39 is 0 Å². The number of rotatable bonds is 1. The highest BCUT2D eigenvalue weighted by Crippen LogP contribution is 2.60. The van der Waals surface area contributed by atoms with E-state index in [0.717, 1.165) is 4.47 Å². The number of anilines is 1. The zero-order valence-corrected chi connectivity index (χ0v) is 18.4. The molecule has 0 fully saturated rings. The van der Waals surface area contributed by atoms with Crippen molar-refractivity contribution in [3.05, 3.63) is 100 Å². The van der Waals surface area contributed by atoms with Gasteiger partial charge >= 0.3 is 0 Å². The van der Waals surface area contributed by atoms with Crippen LogP contribution in [-0.2, 0) is 0 Å². The second-order valence-electron chi connectivity index (χ2n) is 9.40. The average molecular weight is 454 g/mol. The molecule has 5 atom stereocenters. The molecule has 0 spiro atoms. The van der Waals surface area contributed by atoms with E-state index in [1.807, 2.05) is 0 Å². The van der Waals surface area contributed by atoms with Crippen LogP contribution in [0, 0.1) is 11.8 Å². The quantitative estimate of drug-likeness (QED) is 0.344. The van der Waals surface area contributed by atoms with Crippen LogP contribution in [0.1, 0.15) is 47.4 Å². The third-order valence-electron chi connectivity index (χ3n) is 7.96. The molecule has 7 rings (SSSR count). The van der Waals surface area contributed by atoms with Crippen molar-refractivity contribution in [2.45, 2.75) is 30.7 Å². The van der Waals surface area contributed by atoms with Gasteiger partial charge in [0.1, 0.15) is 0 Å². The van der Waals surface area contributed by atoms with E-state index in [9.17, 15) is 0 Å². The maximum Gasteiger partial charge on any atom is 0.0582 e. The van der Waals surface area contributed by atoms with Gasteiger partial charge < -0.3 is 4.90 Å². The van der Waals surface area contributed by atoms with Gasteiger partial charge in [-0.3, -0.25) is 0 Å². The van der Waals surface area contributed by atoms with Crippen molar-refractivity contribution in [2.24, 2.45) is 11.8 Å². The highest BCUT2D eigenvalue weighted by Gasteiger charge is 2.48. The Hall–Kier alpha value is -2.32. The lowest BCUT2D eigenvalue weighted by Crippen LogP contribution is -2.46. The van der Waals surface area contributed by atoms with E-state index in [1.165, 1.54) is 35.7 Å². The summed E-state index contributed by atoms with van der Waals surface area (Å²) in [7, 11) is 0. The Labute approximate surface area is 186 Å². The number of halogens is 1. The van der Waals surface area contributed by atoms with Gasteiger partial charge in [0, 0.05) is 28.5 Å². The SMILES string of the molecule is Brc1ccc([C@@H]2[C@@H]3CC=C[C@@H]3c3c4c(cc5ccccc35)[C@H]3C=CC[C@@H]3CN42)cc1. The molecular weight excluding hydrogens is 430 g/mol. The van der Waals surface area contributed by atoms with E-state index in [0.29, 0.717) is 29.7 Å². The van der Waals surface area contributed by atoms with Crippen molar-refractivity contribution in [3.63, 3.8) is 0 Å². The third kappa shape index (κ3) is 2.29. The topological polar surface area (TPSA) is 3.24 Å². The molecule has 0 saturated heterocycles. The summed E-state index contributed by atoms with van der Waals surface area (Å²) in [6, 6.07) is 21.1. The Balaban J connectivity index is 1.54. The first kappa shape index (κ1) is 17.4. The number of nitrogens with zero attached hydrogens (tertiary/aromatic N) is 1. The van der Waals surface area contributed by atoms with Gasteiger partial charge in [-0.05, 0) is 70.3 Å². The molecule has 0 N–H and O–H groups in total. The Morgan fingerprint density at radius 1 is 0.867 bits per heavy atom. The largest absolute Gasteiger partial charge is 0.363 e. The standard InChI is InChI=1S/C28H24BrN/c29-20-13-11-17(12-14-20)27-24-10-4-9-23(24)26-22-7-2-1-5-18(22)15-25-21-8-3-6-19(21)16-30(27)28(25)26/h1-5,7-9,11-15,19,21,23-24,27H,6,10,16H2/t19-,21+,23+,24-,27-/m1/s1. The lowest BCUT2D eigenvalue weighted by molar-refractivity contribution is 0.336. The Morgan fingerprint density at radius 3 is 2.57 bits per heavy atom. The van der Waals surface area contributed by atoms with Crippen molar-refractivity contribution >= 4 is 32.4 Å². The van der Waals surface area contributed by atoms with E-state index in [1.54, 1.807) is 16.8 Å². The highest BCUT2D eigenvalue weighted by molar-refractivity contribution is 9.10. The van der Waals surface area contributed by atoms with Gasteiger partial charge in [0.05, 0.1) is 6.04 Å². The molecule has 3 aromatic carbocycles. The fourth-order valence-electron chi connectivity index (χ4n) is 6.77. The molecule has 0 unspecified atom stereocenters. The van der Waals surface area contributed by atoms with Crippen molar-refractivity contribution in [3.8, 4) is 0 Å². The minimum Gasteiger partial charge on any atom is -0.363 e. The molecule has 2 heteroatoms. The first-order chi connectivity index (χ1) is 14.8. The molecule has 4 aliphatic rings. The smallest absolute Gasteiger partial charge is 0.0582 e. The van der Waals surface area contributed by atoms with Crippen LogP contribution in [0.4, 0.5) is 5.69 Å². The van der Waals surface area contributed by atoms with E-state index in [4.69, 9.17) is 0 Å². The third-order valence-corrected chi connectivity index (χ3v) is 8.49. The summed E-state index contributed by atoms with van der Waals surface area (Å²) in [5.41, 5.74) is 6.16. The Morgan fingerprint density at radius 2 is 1.67 bits per heavy atom. The van der Waals surface area contributed by atoms with Crippen molar-refractivity contribution in [1.29, 1.82) is 0 Å². The molecule has 0 bridgehead atoms. The van der Waals surface area contributed by atoms with Crippen LogP contribution in [0.3, 0.4) is 0 Å². The minimum atomic E-state index is 0.451. The van der Waals surface area contributed by atoms with Gasteiger partial charge in [-0.25, -0.2) is 0 Å². The maximum atomic E-state index is 3.64. The normalized spacial score (nSPS) is 30.4. The predicted molar refractivity (Wildman–Crippen MR) is 128 cm³/mol. The first-order valence-electron chi connectivity index (χ1n) is 11.2. The van der Waals surface area contributed by atoms with E-state index in [-0.39, 0.29) is 0 Å². The summed E-state index contributed by atoms with van der Waals surface area (Å²) >= 11 is 3.64. The number of hydrogen-bond donors (Lipinski definition) is 0. The predicted octanol–water partition coefficient (Wildman–Crippen LogP) is 7.50. The van der Waals surface area contributed by atoms with Gasteiger partial charge in [0.25, 0.3) is 0 Å². The van der Waals surface area contributed by atoms with Crippen LogP contribution in [-0.4, -0.2) is 6.54 Å². The van der Waals surface area contributed by atoms with Crippen molar-refractivity contribution in [1.82, 2.24) is 0 Å². The van der Waals surface area contributed by atoms with Crippen LogP contribution in [0.2, 0.25) is 0 Å². The molecule has 0 amide bonds. The average Bonchev–Trinajstić information content (AvgIpc) is 3.44. The molecule has 148 valence electrons. The fraction of sp³-hybridized carbons (Fsp3) is 0.286. The molecule has 0 aromatic heterocycles. The number of hydrogen-bond acceptors (Lipinski definition) is 1. The summed E-state index contributed by atoms with van der Waals surface area (Å²) < 4.78 is 1.16. The van der Waals surface area contributed by atoms with Gasteiger partial charge in [0.2, 0.25) is 0 Å². The molecule has 3 aromatic rings. The Bertz CT molecular complexity index is 1220. The molecule has 2 aliphatic carbocycles. The number of allylic oxidation sites excluding steroid dienone is 4. The van der Waals surface area contributed by atoms with Crippen LogP contribution < -0.4 is 4.90 Å². The summed E-state index contributed by atoms with van der Waals surface area (Å²) in [5, 5.41) is 2.87.